The molecule has 0 bridgehead atoms. The van der Waals surface area contributed by atoms with Crippen molar-refractivity contribution in [1.82, 2.24) is 9.88 Å². The van der Waals surface area contributed by atoms with Crippen LogP contribution in [0.5, 0.6) is 0 Å². The minimum Gasteiger partial charge on any atom is -0.373 e. The van der Waals surface area contributed by atoms with E-state index in [1.807, 2.05) is 0 Å². The van der Waals surface area contributed by atoms with E-state index in [1.54, 1.807) is 7.05 Å². The molecule has 1 aromatic rings. The van der Waals surface area contributed by atoms with Crippen LogP contribution in [0.15, 0.2) is 12.1 Å². The highest BCUT2D eigenvalue weighted by atomic mass is 16.6. The van der Waals surface area contributed by atoms with Gasteiger partial charge in [-0.1, -0.05) is 0 Å². The van der Waals surface area contributed by atoms with Crippen molar-refractivity contribution in [3.8, 4) is 0 Å². The van der Waals surface area contributed by atoms with Gasteiger partial charge in [-0.25, -0.2) is 4.98 Å². The summed E-state index contributed by atoms with van der Waals surface area (Å²) in [5, 5.41) is 17.0. The Morgan fingerprint density at radius 3 is 2.50 bits per heavy atom. The summed E-state index contributed by atoms with van der Waals surface area (Å²) in [6.07, 6.45) is 3.51. The van der Waals surface area contributed by atoms with Gasteiger partial charge in [-0.05, 0) is 33.4 Å². The van der Waals surface area contributed by atoms with Gasteiger partial charge in [0, 0.05) is 19.1 Å². The number of aromatic nitrogens is 1. The van der Waals surface area contributed by atoms with E-state index in [1.165, 1.54) is 18.6 Å². The van der Waals surface area contributed by atoms with Crippen molar-refractivity contribution in [1.29, 1.82) is 0 Å². The average molecular weight is 279 g/mol. The maximum Gasteiger partial charge on any atom is 0.276 e. The Morgan fingerprint density at radius 1 is 1.40 bits per heavy atom. The molecule has 0 unspecified atom stereocenters. The molecule has 0 atom stereocenters. The zero-order chi connectivity index (χ0) is 14.8. The molecule has 0 aromatic carbocycles. The summed E-state index contributed by atoms with van der Waals surface area (Å²) in [7, 11) is 5.84. The van der Waals surface area contributed by atoms with Crippen molar-refractivity contribution in [3.63, 3.8) is 0 Å². The number of hydrogen-bond donors (Lipinski definition) is 2. The van der Waals surface area contributed by atoms with Crippen molar-refractivity contribution < 1.29 is 4.92 Å². The molecule has 20 heavy (non-hydrogen) atoms. The summed E-state index contributed by atoms with van der Waals surface area (Å²) >= 11 is 0. The zero-order valence-corrected chi connectivity index (χ0v) is 12.1. The first kappa shape index (κ1) is 14.5. The first-order valence-corrected chi connectivity index (χ1v) is 6.72. The highest BCUT2D eigenvalue weighted by molar-refractivity contribution is 5.54. The fourth-order valence-corrected chi connectivity index (χ4v) is 2.46. The van der Waals surface area contributed by atoms with Crippen LogP contribution in [-0.2, 0) is 0 Å². The van der Waals surface area contributed by atoms with Crippen LogP contribution in [0.4, 0.5) is 17.3 Å². The van der Waals surface area contributed by atoms with Crippen molar-refractivity contribution in [2.75, 3.05) is 38.3 Å². The first-order valence-electron chi connectivity index (χ1n) is 6.72. The molecule has 0 spiro atoms. The van der Waals surface area contributed by atoms with Gasteiger partial charge < -0.3 is 15.5 Å². The Labute approximate surface area is 118 Å². The Hall–Kier alpha value is -1.89. The minimum absolute atomic E-state index is 0.0411. The standard InChI is InChI=1S/C13H21N5O2/c1-14-11-7-10(18(19)20)8-12(16-11)15-9-13(17(2)3)5-4-6-13/h7-8H,4-6,9H2,1-3H3,(H2,14,15,16). The second kappa shape index (κ2) is 5.62. The smallest absolute Gasteiger partial charge is 0.276 e. The van der Waals surface area contributed by atoms with E-state index in [0.717, 1.165) is 19.4 Å². The lowest BCUT2D eigenvalue weighted by Gasteiger charge is -2.47. The van der Waals surface area contributed by atoms with Gasteiger partial charge in [-0.15, -0.1) is 0 Å². The molecule has 2 rings (SSSR count). The normalized spacial score (nSPS) is 16.6. The number of nitrogens with one attached hydrogen (secondary N) is 2. The third-order valence-corrected chi connectivity index (χ3v) is 4.11. The van der Waals surface area contributed by atoms with Crippen molar-refractivity contribution >= 4 is 17.3 Å². The van der Waals surface area contributed by atoms with Crippen LogP contribution in [0, 0.1) is 10.1 Å². The molecule has 7 nitrogen and oxygen atoms in total. The summed E-state index contributed by atoms with van der Waals surface area (Å²) in [5.74, 6) is 1.03. The molecule has 1 saturated carbocycles. The van der Waals surface area contributed by atoms with Gasteiger partial charge >= 0.3 is 0 Å². The average Bonchev–Trinajstić information content (AvgIpc) is 2.36. The van der Waals surface area contributed by atoms with E-state index < -0.39 is 4.92 Å². The van der Waals surface area contributed by atoms with E-state index in [0.29, 0.717) is 11.6 Å². The van der Waals surface area contributed by atoms with Gasteiger partial charge in [0.15, 0.2) is 0 Å². The highest BCUT2D eigenvalue weighted by Gasteiger charge is 2.38. The molecule has 0 saturated heterocycles. The molecule has 0 aliphatic heterocycles. The molecular formula is C13H21N5O2. The van der Waals surface area contributed by atoms with Crippen molar-refractivity contribution in [2.45, 2.75) is 24.8 Å². The molecule has 0 amide bonds. The number of nitro groups is 1. The molecule has 2 N–H and O–H groups in total. The number of nitrogens with zero attached hydrogens (tertiary/aromatic N) is 3. The predicted octanol–water partition coefficient (Wildman–Crippen LogP) is 1.93. The van der Waals surface area contributed by atoms with Crippen LogP contribution in [0.2, 0.25) is 0 Å². The maximum atomic E-state index is 10.9. The lowest BCUT2D eigenvalue weighted by Crippen LogP contribution is -2.54. The van der Waals surface area contributed by atoms with Crippen LogP contribution in [0.25, 0.3) is 0 Å². The summed E-state index contributed by atoms with van der Waals surface area (Å²) in [4.78, 5) is 17.0. The number of anilines is 2. The highest BCUT2D eigenvalue weighted by Crippen LogP contribution is 2.36. The molecule has 1 aromatic heterocycles. The van der Waals surface area contributed by atoms with E-state index in [9.17, 15) is 10.1 Å². The third-order valence-electron chi connectivity index (χ3n) is 4.11. The topological polar surface area (TPSA) is 83.3 Å². The van der Waals surface area contributed by atoms with Crippen LogP contribution in [0.3, 0.4) is 0 Å². The van der Waals surface area contributed by atoms with Crippen LogP contribution in [0.1, 0.15) is 19.3 Å². The van der Waals surface area contributed by atoms with Crippen molar-refractivity contribution in [2.24, 2.45) is 0 Å². The Bertz CT molecular complexity index is 500. The molecule has 1 aliphatic carbocycles. The van der Waals surface area contributed by atoms with Gasteiger partial charge in [0.05, 0.1) is 17.1 Å². The summed E-state index contributed by atoms with van der Waals surface area (Å²) < 4.78 is 0. The molecule has 1 aliphatic rings. The fourth-order valence-electron chi connectivity index (χ4n) is 2.46. The number of rotatable bonds is 6. The molecule has 7 heteroatoms. The lowest BCUT2D eigenvalue weighted by atomic mass is 9.75. The van der Waals surface area contributed by atoms with E-state index >= 15 is 0 Å². The van der Waals surface area contributed by atoms with Gasteiger partial charge in [0.1, 0.15) is 11.6 Å². The van der Waals surface area contributed by atoms with Crippen LogP contribution in [-0.4, -0.2) is 48.0 Å². The molecule has 1 fully saturated rings. The van der Waals surface area contributed by atoms with Crippen LogP contribution >= 0.6 is 0 Å². The fraction of sp³-hybridized carbons (Fsp3) is 0.615. The second-order valence-electron chi connectivity index (χ2n) is 5.43. The molecular weight excluding hydrogens is 258 g/mol. The molecule has 1 heterocycles. The third kappa shape index (κ3) is 2.82. The lowest BCUT2D eigenvalue weighted by molar-refractivity contribution is -0.384. The van der Waals surface area contributed by atoms with Gasteiger partial charge in [0.2, 0.25) is 0 Å². The monoisotopic (exact) mass is 279 g/mol. The van der Waals surface area contributed by atoms with Gasteiger partial charge in [0.25, 0.3) is 5.69 Å². The maximum absolute atomic E-state index is 10.9. The van der Waals surface area contributed by atoms with Crippen molar-refractivity contribution in [3.05, 3.63) is 22.2 Å². The largest absolute Gasteiger partial charge is 0.373 e. The molecule has 0 radical (unpaired) electrons. The van der Waals surface area contributed by atoms with E-state index in [4.69, 9.17) is 0 Å². The summed E-state index contributed by atoms with van der Waals surface area (Å²) in [5.41, 5.74) is 0.186. The number of likely N-dealkylation sites (N-methyl/N-ethyl adjacent to an activating group) is 1. The summed E-state index contributed by atoms with van der Waals surface area (Å²) in [6.45, 7) is 0.747. The van der Waals surface area contributed by atoms with Gasteiger partial charge in [-0.3, -0.25) is 10.1 Å². The second-order valence-corrected chi connectivity index (χ2v) is 5.43. The minimum atomic E-state index is -0.404. The predicted molar refractivity (Wildman–Crippen MR) is 79.2 cm³/mol. The van der Waals surface area contributed by atoms with E-state index in [2.05, 4.69) is 34.6 Å². The Kier molecular flexibility index (Phi) is 4.08. The number of pyridine rings is 1. The Morgan fingerprint density at radius 2 is 2.05 bits per heavy atom. The summed E-state index contributed by atoms with van der Waals surface area (Å²) in [6, 6.07) is 2.90. The van der Waals surface area contributed by atoms with E-state index in [-0.39, 0.29) is 11.2 Å². The number of hydrogen-bond acceptors (Lipinski definition) is 6. The SMILES string of the molecule is CNc1cc([N+](=O)[O-])cc(NCC2(N(C)C)CCC2)n1. The van der Waals surface area contributed by atoms with Crippen LogP contribution < -0.4 is 10.6 Å². The molecule has 110 valence electrons. The zero-order valence-electron chi connectivity index (χ0n) is 12.1. The quantitative estimate of drug-likeness (QED) is 0.611. The van der Waals surface area contributed by atoms with Gasteiger partial charge in [-0.2, -0.15) is 0 Å². The Balaban J connectivity index is 2.12. The first-order chi connectivity index (χ1) is 9.47.